The first-order valence-corrected chi connectivity index (χ1v) is 9.68. The minimum absolute atomic E-state index is 0.0649. The zero-order chi connectivity index (χ0) is 20.2. The average Bonchev–Trinajstić information content (AvgIpc) is 2.58. The number of anilines is 1. The lowest BCUT2D eigenvalue weighted by atomic mass is 10.1. The van der Waals surface area contributed by atoms with Crippen LogP contribution in [0.1, 0.15) is 18.6 Å². The molecule has 0 unspecified atom stereocenters. The van der Waals surface area contributed by atoms with Crippen molar-refractivity contribution in [2.24, 2.45) is 0 Å². The molecule has 27 heavy (non-hydrogen) atoms. The molecule has 1 N–H and O–H groups in total. The van der Waals surface area contributed by atoms with Gasteiger partial charge in [0.05, 0.1) is 6.61 Å². The van der Waals surface area contributed by atoms with E-state index in [2.05, 4.69) is 20.3 Å². The summed E-state index contributed by atoms with van der Waals surface area (Å²) in [5.41, 5.74) is 1.01. The van der Waals surface area contributed by atoms with Crippen LogP contribution in [-0.2, 0) is 17.1 Å². The molecule has 0 aliphatic heterocycles. The highest BCUT2D eigenvalue weighted by atomic mass is 35.6. The summed E-state index contributed by atoms with van der Waals surface area (Å²) < 4.78 is 0.964. The molecule has 6 nitrogen and oxygen atoms in total. The number of carbonyl (C=O) groups is 1. The van der Waals surface area contributed by atoms with E-state index in [0.29, 0.717) is 11.3 Å². The lowest BCUT2D eigenvalue weighted by molar-refractivity contribution is -0.140. The van der Waals surface area contributed by atoms with Crippen molar-refractivity contribution in [2.45, 2.75) is 14.5 Å². The molecule has 0 saturated heterocycles. The van der Waals surface area contributed by atoms with E-state index in [1.165, 1.54) is 0 Å². The molecule has 2 rings (SSSR count). The molecule has 0 radical (unpaired) electrons. The lowest BCUT2D eigenvalue weighted by Gasteiger charge is -2.17. The van der Waals surface area contributed by atoms with Gasteiger partial charge in [-0.15, -0.1) is 0 Å². The van der Waals surface area contributed by atoms with E-state index >= 15 is 0 Å². The number of carbonyl (C=O) groups excluding carboxylic acids is 1. The topological polar surface area (TPSA) is 77.0 Å². The third-order valence-electron chi connectivity index (χ3n) is 3.04. The van der Waals surface area contributed by atoms with Crippen LogP contribution in [0, 0.1) is 0 Å². The van der Waals surface area contributed by atoms with Gasteiger partial charge in [0.1, 0.15) is 6.54 Å². The number of hydrogen-bond donors (Lipinski definition) is 1. The molecule has 1 heterocycles. The van der Waals surface area contributed by atoms with Gasteiger partial charge < -0.3 is 10.1 Å². The third-order valence-corrected chi connectivity index (χ3v) is 4.05. The van der Waals surface area contributed by atoms with Crippen molar-refractivity contribution in [1.82, 2.24) is 15.0 Å². The summed E-state index contributed by atoms with van der Waals surface area (Å²) in [6, 6.07) is 6.89. The minimum Gasteiger partial charge on any atom is -0.465 e. The van der Waals surface area contributed by atoms with Gasteiger partial charge in [-0.3, -0.25) is 4.79 Å². The highest BCUT2D eigenvalue weighted by Crippen LogP contribution is 2.41. The van der Waals surface area contributed by atoms with Gasteiger partial charge in [0.2, 0.25) is 7.59 Å². The monoisotopic (exact) mass is 490 g/mol. The van der Waals surface area contributed by atoms with Gasteiger partial charge in [-0.2, -0.15) is 0 Å². The highest BCUT2D eigenvalue weighted by molar-refractivity contribution is 6.67. The number of nitrogens with zero attached hydrogens (tertiary/aromatic N) is 3. The van der Waals surface area contributed by atoms with Gasteiger partial charge in [-0.05, 0) is 19.1 Å². The zero-order valence-corrected chi connectivity index (χ0v) is 18.2. The Morgan fingerprint density at radius 1 is 1.00 bits per heavy atom. The summed E-state index contributed by atoms with van der Waals surface area (Å²) in [4.78, 5) is 23.9. The second-order valence-corrected chi connectivity index (χ2v) is 9.57. The Hall–Kier alpha value is -0.760. The van der Waals surface area contributed by atoms with Crippen molar-refractivity contribution in [3.05, 3.63) is 35.9 Å². The van der Waals surface area contributed by atoms with Gasteiger partial charge >= 0.3 is 5.97 Å². The van der Waals surface area contributed by atoms with Crippen molar-refractivity contribution in [1.29, 1.82) is 0 Å². The van der Waals surface area contributed by atoms with Crippen molar-refractivity contribution in [2.75, 3.05) is 18.5 Å². The molecule has 0 atom stereocenters. The van der Waals surface area contributed by atoms with Crippen LogP contribution in [0.25, 0.3) is 11.4 Å². The lowest BCUT2D eigenvalue weighted by Crippen LogP contribution is -2.18. The van der Waals surface area contributed by atoms with Crippen LogP contribution in [0.15, 0.2) is 24.3 Å². The molecule has 0 fully saturated rings. The second kappa shape index (κ2) is 9.16. The Balaban J connectivity index is 2.50. The summed E-state index contributed by atoms with van der Waals surface area (Å²) in [5.74, 6) is -0.746. The number of esters is 1. The van der Waals surface area contributed by atoms with Gasteiger partial charge in [0.25, 0.3) is 0 Å². The van der Waals surface area contributed by atoms with Gasteiger partial charge in [0.15, 0.2) is 17.5 Å². The first kappa shape index (κ1) is 22.5. The summed E-state index contributed by atoms with van der Waals surface area (Å²) >= 11 is 35.3. The Labute approximate surface area is 185 Å². The summed E-state index contributed by atoms with van der Waals surface area (Å²) in [7, 11) is 0. The van der Waals surface area contributed by atoms with E-state index in [9.17, 15) is 4.79 Å². The van der Waals surface area contributed by atoms with Crippen LogP contribution in [0.4, 0.5) is 5.69 Å². The van der Waals surface area contributed by atoms with Crippen molar-refractivity contribution in [3.63, 3.8) is 0 Å². The smallest absolute Gasteiger partial charge is 0.325 e. The number of halogens is 6. The Morgan fingerprint density at radius 3 is 2.07 bits per heavy atom. The SMILES string of the molecule is CCOC(=O)CNc1ccccc1-c1nc(C(Cl)(Cl)Cl)nc(C(Cl)(Cl)Cl)n1. The Kier molecular flexibility index (Phi) is 7.64. The molecule has 146 valence electrons. The Bertz CT molecular complexity index is 790. The quantitative estimate of drug-likeness (QED) is 0.458. The fraction of sp³-hybridized carbons (Fsp3) is 0.333. The predicted molar refractivity (Wildman–Crippen MR) is 109 cm³/mol. The fourth-order valence-electron chi connectivity index (χ4n) is 1.96. The molecule has 1 aromatic heterocycles. The molecule has 0 amide bonds. The maximum Gasteiger partial charge on any atom is 0.325 e. The van der Waals surface area contributed by atoms with Crippen LogP contribution in [0.2, 0.25) is 0 Å². The molecule has 0 bridgehead atoms. The van der Waals surface area contributed by atoms with Crippen LogP contribution in [-0.4, -0.2) is 34.1 Å². The minimum atomic E-state index is -1.96. The number of rotatable bonds is 5. The molecule has 0 aliphatic rings. The van der Waals surface area contributed by atoms with Crippen LogP contribution in [0.5, 0.6) is 0 Å². The number of hydrogen-bond acceptors (Lipinski definition) is 6. The maximum absolute atomic E-state index is 11.6. The number of nitrogens with one attached hydrogen (secondary N) is 1. The molecule has 0 spiro atoms. The van der Waals surface area contributed by atoms with Crippen LogP contribution in [0.3, 0.4) is 0 Å². The summed E-state index contributed by atoms with van der Waals surface area (Å²) in [5, 5.41) is 2.94. The van der Waals surface area contributed by atoms with E-state index in [-0.39, 0.29) is 30.6 Å². The van der Waals surface area contributed by atoms with E-state index in [0.717, 1.165) is 0 Å². The molecular weight excluding hydrogens is 481 g/mol. The van der Waals surface area contributed by atoms with E-state index in [4.69, 9.17) is 74.3 Å². The van der Waals surface area contributed by atoms with E-state index in [1.54, 1.807) is 31.2 Å². The summed E-state index contributed by atoms with van der Waals surface area (Å²) in [6.07, 6.45) is 0. The number of aromatic nitrogens is 3. The maximum atomic E-state index is 11.6. The van der Waals surface area contributed by atoms with Gasteiger partial charge in [-0.25, -0.2) is 15.0 Å². The normalized spacial score (nSPS) is 12.0. The fourth-order valence-corrected chi connectivity index (χ4v) is 2.47. The second-order valence-electron chi connectivity index (χ2n) is 5.01. The summed E-state index contributed by atoms with van der Waals surface area (Å²) in [6.45, 7) is 1.92. The molecule has 0 aliphatic carbocycles. The van der Waals surface area contributed by atoms with E-state index in [1.807, 2.05) is 0 Å². The van der Waals surface area contributed by atoms with Gasteiger partial charge in [0, 0.05) is 11.3 Å². The zero-order valence-electron chi connectivity index (χ0n) is 13.6. The molecule has 1 aromatic carbocycles. The highest BCUT2D eigenvalue weighted by Gasteiger charge is 2.34. The van der Waals surface area contributed by atoms with Crippen LogP contribution >= 0.6 is 69.6 Å². The number of para-hydroxylation sites is 1. The van der Waals surface area contributed by atoms with Gasteiger partial charge in [-0.1, -0.05) is 81.7 Å². The predicted octanol–water partition coefficient (Wildman–Crippen LogP) is 5.17. The number of ether oxygens (including phenoxy) is 1. The third kappa shape index (κ3) is 6.38. The van der Waals surface area contributed by atoms with Crippen LogP contribution < -0.4 is 5.32 Å². The number of benzene rings is 1. The first-order valence-electron chi connectivity index (χ1n) is 7.41. The molecule has 2 aromatic rings. The number of alkyl halides is 6. The molecule has 12 heteroatoms. The standard InChI is InChI=1S/C15H12Cl6N4O2/c1-2-27-10(26)7-22-9-6-4-3-5-8(9)11-23-12(14(16,17)18)25-13(24-11)15(19,20)21/h3-6,22H,2,7H2,1H3. The molecular formula is C15H12Cl6N4O2. The molecule has 0 saturated carbocycles. The largest absolute Gasteiger partial charge is 0.465 e. The van der Waals surface area contributed by atoms with E-state index < -0.39 is 13.6 Å². The Morgan fingerprint density at radius 2 is 1.56 bits per heavy atom. The van der Waals surface area contributed by atoms with Crippen molar-refractivity contribution >= 4 is 81.3 Å². The van der Waals surface area contributed by atoms with Crippen molar-refractivity contribution in [3.8, 4) is 11.4 Å². The average molecular weight is 493 g/mol. The van der Waals surface area contributed by atoms with Crippen molar-refractivity contribution < 1.29 is 9.53 Å². The first-order chi connectivity index (χ1) is 12.5.